The van der Waals surface area contributed by atoms with Gasteiger partial charge in [0, 0.05) is 5.56 Å². The number of carbonyl (C=O) groups excluding carboxylic acids is 2. The molecule has 3 N–H and O–H groups in total. The topological polar surface area (TPSA) is 81.4 Å². The smallest absolute Gasteiger partial charge is 0.387 e. The Bertz CT molecular complexity index is 509. The maximum atomic E-state index is 12.1. The molecule has 5 nitrogen and oxygen atoms in total. The third-order valence-electron chi connectivity index (χ3n) is 3.13. The van der Waals surface area contributed by atoms with Crippen LogP contribution in [0.3, 0.4) is 0 Å². The van der Waals surface area contributed by atoms with Gasteiger partial charge in [0.15, 0.2) is 0 Å². The molecule has 21 heavy (non-hydrogen) atoms. The highest BCUT2D eigenvalue weighted by Crippen LogP contribution is 2.16. The second-order valence-electron chi connectivity index (χ2n) is 4.65. The lowest BCUT2D eigenvalue weighted by Gasteiger charge is -2.21. The summed E-state index contributed by atoms with van der Waals surface area (Å²) in [6.45, 7) is 0.678. The molecule has 0 aromatic heterocycles. The van der Waals surface area contributed by atoms with Crippen molar-refractivity contribution in [1.82, 2.24) is 5.32 Å². The number of hydrogen-bond donors (Lipinski definition) is 2. The lowest BCUT2D eigenvalue weighted by molar-refractivity contribution is -0.120. The highest BCUT2D eigenvalue weighted by Gasteiger charge is 2.24. The largest absolute Gasteiger partial charge is 0.435 e. The molecule has 7 heteroatoms. The van der Waals surface area contributed by atoms with Crippen LogP contribution in [0.2, 0.25) is 0 Å². The van der Waals surface area contributed by atoms with Crippen LogP contribution in [0.5, 0.6) is 5.75 Å². The summed E-state index contributed by atoms with van der Waals surface area (Å²) < 4.78 is 28.5. The number of hydrogen-bond acceptors (Lipinski definition) is 3. The van der Waals surface area contributed by atoms with Crippen LogP contribution in [0.4, 0.5) is 8.78 Å². The first-order chi connectivity index (χ1) is 9.85. The number of alkyl halides is 2. The van der Waals surface area contributed by atoms with E-state index < -0.39 is 24.5 Å². The van der Waals surface area contributed by atoms with E-state index in [1.165, 1.54) is 24.3 Å². The van der Waals surface area contributed by atoms with Crippen molar-refractivity contribution in [3.63, 3.8) is 0 Å². The molecule has 0 aliphatic carbocycles. The number of ether oxygens (including phenoxy) is 1. The van der Waals surface area contributed by atoms with Crippen molar-refractivity contribution in [3.05, 3.63) is 29.8 Å². The number of nitrogens with one attached hydrogen (secondary N) is 1. The lowest BCUT2D eigenvalue weighted by atomic mass is 9.98. The van der Waals surface area contributed by atoms with Crippen LogP contribution >= 0.6 is 0 Å². The minimum Gasteiger partial charge on any atom is -0.435 e. The van der Waals surface area contributed by atoms with E-state index in [9.17, 15) is 18.4 Å². The molecule has 1 aromatic rings. The third kappa shape index (κ3) is 5.02. The summed E-state index contributed by atoms with van der Waals surface area (Å²) >= 11 is 0. The molecule has 0 bridgehead atoms. The average molecular weight is 300 g/mol. The van der Waals surface area contributed by atoms with Gasteiger partial charge in [-0.2, -0.15) is 8.78 Å². The third-order valence-corrected chi connectivity index (χ3v) is 3.13. The summed E-state index contributed by atoms with van der Waals surface area (Å²) in [7, 11) is 0. The number of rotatable bonds is 7. The maximum absolute atomic E-state index is 12.1. The highest BCUT2D eigenvalue weighted by molar-refractivity contribution is 5.97. The number of primary amides is 1. The zero-order valence-electron chi connectivity index (χ0n) is 11.8. The maximum Gasteiger partial charge on any atom is 0.387 e. The van der Waals surface area contributed by atoms with Crippen LogP contribution in [0, 0.1) is 5.92 Å². The molecule has 0 saturated heterocycles. The number of amides is 2. The number of nitrogens with two attached hydrogens (primary N) is 1. The van der Waals surface area contributed by atoms with Crippen molar-refractivity contribution in [2.24, 2.45) is 11.7 Å². The second-order valence-corrected chi connectivity index (χ2v) is 4.65. The summed E-state index contributed by atoms with van der Waals surface area (Å²) in [5.41, 5.74) is 5.37. The fraction of sp³-hybridized carbons (Fsp3) is 0.429. The van der Waals surface area contributed by atoms with Gasteiger partial charge in [0.25, 0.3) is 5.91 Å². The van der Waals surface area contributed by atoms with E-state index in [1.54, 1.807) is 6.92 Å². The fourth-order valence-corrected chi connectivity index (χ4v) is 1.77. The van der Waals surface area contributed by atoms with E-state index in [4.69, 9.17) is 5.73 Å². The number of halogens is 2. The van der Waals surface area contributed by atoms with Crippen molar-refractivity contribution in [1.29, 1.82) is 0 Å². The van der Waals surface area contributed by atoms with Crippen molar-refractivity contribution in [2.75, 3.05) is 0 Å². The predicted octanol–water partition coefficient (Wildman–Crippen LogP) is 1.92. The summed E-state index contributed by atoms with van der Waals surface area (Å²) in [6.07, 6.45) is 0.655. The molecular weight excluding hydrogens is 282 g/mol. The monoisotopic (exact) mass is 300 g/mol. The minimum absolute atomic E-state index is 0.114. The summed E-state index contributed by atoms with van der Waals surface area (Å²) in [5.74, 6) is -1.47. The van der Waals surface area contributed by atoms with Gasteiger partial charge in [-0.15, -0.1) is 0 Å². The van der Waals surface area contributed by atoms with Crippen LogP contribution in [0.25, 0.3) is 0 Å². The van der Waals surface area contributed by atoms with Crippen molar-refractivity contribution in [2.45, 2.75) is 32.9 Å². The Hall–Kier alpha value is -2.18. The van der Waals surface area contributed by atoms with E-state index in [1.807, 2.05) is 6.92 Å². The van der Waals surface area contributed by atoms with Gasteiger partial charge in [0.05, 0.1) is 0 Å². The highest BCUT2D eigenvalue weighted by atomic mass is 19.3. The molecule has 0 radical (unpaired) electrons. The Morgan fingerprint density at radius 1 is 1.38 bits per heavy atom. The molecule has 2 amide bonds. The fourth-order valence-electron chi connectivity index (χ4n) is 1.77. The molecule has 1 rings (SSSR count). The molecule has 0 spiro atoms. The van der Waals surface area contributed by atoms with Crippen LogP contribution in [0.15, 0.2) is 24.3 Å². The van der Waals surface area contributed by atoms with Crippen LogP contribution in [-0.4, -0.2) is 24.5 Å². The lowest BCUT2D eigenvalue weighted by Crippen LogP contribution is -2.48. The SMILES string of the molecule is CCC(C)C(NC(=O)c1cccc(OC(F)F)c1)C(N)=O. The molecule has 0 saturated carbocycles. The van der Waals surface area contributed by atoms with E-state index >= 15 is 0 Å². The van der Waals surface area contributed by atoms with Gasteiger partial charge in [-0.1, -0.05) is 26.3 Å². The van der Waals surface area contributed by atoms with Crippen molar-refractivity contribution in [3.8, 4) is 5.75 Å². The first-order valence-electron chi connectivity index (χ1n) is 6.50. The Balaban J connectivity index is 2.85. The standard InChI is InChI=1S/C14H18F2N2O3/c1-3-8(2)11(12(17)19)18-13(20)9-5-4-6-10(7-9)21-14(15)16/h4-8,11,14H,3H2,1-2H3,(H2,17,19)(H,18,20). The molecule has 1 aromatic carbocycles. The quantitative estimate of drug-likeness (QED) is 0.807. The zero-order chi connectivity index (χ0) is 16.0. The molecular formula is C14H18F2N2O3. The molecule has 0 aliphatic rings. The normalized spacial score (nSPS) is 13.6. The van der Waals surface area contributed by atoms with Crippen LogP contribution in [-0.2, 0) is 4.79 Å². The summed E-state index contributed by atoms with van der Waals surface area (Å²) in [5, 5.41) is 2.51. The van der Waals surface area contributed by atoms with Gasteiger partial charge in [-0.05, 0) is 24.1 Å². The first-order valence-corrected chi connectivity index (χ1v) is 6.50. The van der Waals surface area contributed by atoms with E-state index in [0.29, 0.717) is 6.42 Å². The number of carbonyl (C=O) groups is 2. The molecule has 116 valence electrons. The first kappa shape index (κ1) is 16.9. The van der Waals surface area contributed by atoms with Gasteiger partial charge in [0.2, 0.25) is 5.91 Å². The molecule has 0 fully saturated rings. The second kappa shape index (κ2) is 7.56. The van der Waals surface area contributed by atoms with Gasteiger partial charge in [0.1, 0.15) is 11.8 Å². The Labute approximate surface area is 121 Å². The molecule has 0 aliphatic heterocycles. The minimum atomic E-state index is -2.97. The van der Waals surface area contributed by atoms with E-state index in [0.717, 1.165) is 0 Å². The van der Waals surface area contributed by atoms with Gasteiger partial charge >= 0.3 is 6.61 Å². The van der Waals surface area contributed by atoms with Crippen molar-refractivity contribution < 1.29 is 23.1 Å². The molecule has 2 atom stereocenters. The van der Waals surface area contributed by atoms with Gasteiger partial charge in [-0.3, -0.25) is 9.59 Å². The Morgan fingerprint density at radius 3 is 2.57 bits per heavy atom. The van der Waals surface area contributed by atoms with Crippen molar-refractivity contribution >= 4 is 11.8 Å². The van der Waals surface area contributed by atoms with Gasteiger partial charge in [-0.25, -0.2) is 0 Å². The van der Waals surface area contributed by atoms with E-state index in [-0.39, 0.29) is 17.2 Å². The number of benzene rings is 1. The average Bonchev–Trinajstić information content (AvgIpc) is 2.42. The Morgan fingerprint density at radius 2 is 2.05 bits per heavy atom. The van der Waals surface area contributed by atoms with Crippen LogP contribution < -0.4 is 15.8 Å². The predicted molar refractivity (Wildman–Crippen MR) is 73.0 cm³/mol. The molecule has 0 heterocycles. The van der Waals surface area contributed by atoms with Crippen LogP contribution in [0.1, 0.15) is 30.6 Å². The zero-order valence-corrected chi connectivity index (χ0v) is 11.8. The summed E-state index contributed by atoms with van der Waals surface area (Å²) in [4.78, 5) is 23.4. The van der Waals surface area contributed by atoms with Gasteiger partial charge < -0.3 is 15.8 Å². The Kier molecular flexibility index (Phi) is 6.08. The van der Waals surface area contributed by atoms with E-state index in [2.05, 4.69) is 10.1 Å². The summed E-state index contributed by atoms with van der Waals surface area (Å²) in [6, 6.07) is 4.51. The molecule has 2 unspecified atom stereocenters.